The Balaban J connectivity index is 1.98. The van der Waals surface area contributed by atoms with E-state index >= 15 is 0 Å². The van der Waals surface area contributed by atoms with Gasteiger partial charge in [-0.3, -0.25) is 0 Å². The number of hydrogen-bond donors (Lipinski definition) is 1. The van der Waals surface area contributed by atoms with Crippen LogP contribution in [-0.4, -0.2) is 6.54 Å². The maximum absolute atomic E-state index is 4.22. The summed E-state index contributed by atoms with van der Waals surface area (Å²) in [6, 6.07) is 0. The Morgan fingerprint density at radius 3 is 2.92 bits per heavy atom. The minimum absolute atomic E-state index is 0.753. The summed E-state index contributed by atoms with van der Waals surface area (Å²) in [5, 5.41) is 0. The van der Waals surface area contributed by atoms with Crippen molar-refractivity contribution in [1.29, 1.82) is 0 Å². The molecular weight excluding hydrogens is 146 g/mol. The highest BCUT2D eigenvalue weighted by Gasteiger charge is 2.59. The highest BCUT2D eigenvalue weighted by atomic mass is 14.7. The average molecular weight is 166 g/mol. The van der Waals surface area contributed by atoms with Crippen LogP contribution < -0.4 is 5.73 Å². The lowest BCUT2D eigenvalue weighted by atomic mass is 9.68. The summed E-state index contributed by atoms with van der Waals surface area (Å²) < 4.78 is 0. The Hall–Kier alpha value is -0.0400. The molecule has 4 atom stereocenters. The summed E-state index contributed by atoms with van der Waals surface area (Å²) in [5.74, 6) is 3.32. The van der Waals surface area contributed by atoms with Crippen molar-refractivity contribution in [1.82, 2.24) is 0 Å². The van der Waals surface area contributed by atoms with Crippen LogP contribution in [0.3, 0.4) is 0 Å². The fraction of sp³-hybridized carbons (Fsp3) is 1.00. The molecule has 0 unspecified atom stereocenters. The van der Waals surface area contributed by atoms with Gasteiger partial charge in [-0.05, 0) is 49.9 Å². The highest BCUT2D eigenvalue weighted by Crippen LogP contribution is 2.65. The Morgan fingerprint density at radius 1 is 1.25 bits per heavy atom. The highest BCUT2D eigenvalue weighted by molar-refractivity contribution is 5.08. The fourth-order valence-electron chi connectivity index (χ4n) is 4.75. The van der Waals surface area contributed by atoms with Gasteiger partial charge in [0.05, 0.1) is 6.54 Å². The number of rotatable bonds is 1. The zero-order valence-electron chi connectivity index (χ0n) is 7.89. The van der Waals surface area contributed by atoms with E-state index in [1.54, 1.807) is 12.8 Å². The monoisotopic (exact) mass is 166 g/mol. The van der Waals surface area contributed by atoms with Crippen molar-refractivity contribution in [2.75, 3.05) is 6.54 Å². The van der Waals surface area contributed by atoms with E-state index in [2.05, 4.69) is 5.73 Å². The van der Waals surface area contributed by atoms with Gasteiger partial charge in [-0.25, -0.2) is 0 Å². The van der Waals surface area contributed by atoms with Crippen LogP contribution in [0.2, 0.25) is 0 Å². The maximum atomic E-state index is 4.22. The van der Waals surface area contributed by atoms with Gasteiger partial charge in [0.2, 0.25) is 0 Å². The molecule has 0 aliphatic heterocycles. The minimum Gasteiger partial charge on any atom is -0.357 e. The van der Waals surface area contributed by atoms with Gasteiger partial charge in [-0.2, -0.15) is 0 Å². The van der Waals surface area contributed by atoms with E-state index in [1.165, 1.54) is 32.2 Å². The topological polar surface area (TPSA) is 27.6 Å². The van der Waals surface area contributed by atoms with E-state index in [-0.39, 0.29) is 0 Å². The molecule has 3 rings (SSSR count). The van der Waals surface area contributed by atoms with Crippen molar-refractivity contribution in [3.63, 3.8) is 0 Å². The number of hydrogen-bond acceptors (Lipinski definition) is 0. The van der Waals surface area contributed by atoms with Gasteiger partial charge >= 0.3 is 0 Å². The third-order valence-electron chi connectivity index (χ3n) is 5.22. The first kappa shape index (κ1) is 7.37. The Morgan fingerprint density at radius 2 is 2.17 bits per heavy atom. The van der Waals surface area contributed by atoms with Crippen molar-refractivity contribution >= 4 is 0 Å². The smallest absolute Gasteiger partial charge is 0.0802 e. The molecule has 3 N–H and O–H groups in total. The van der Waals surface area contributed by atoms with Crippen molar-refractivity contribution in [2.45, 2.75) is 38.5 Å². The first-order valence-electron chi connectivity index (χ1n) is 5.66. The summed E-state index contributed by atoms with van der Waals surface area (Å²) in [6.45, 7) is 1.23. The molecule has 0 aromatic heterocycles. The number of fused-ring (bicyclic) bond motifs is 5. The molecule has 0 aromatic carbocycles. The van der Waals surface area contributed by atoms with E-state index in [0.29, 0.717) is 0 Å². The fourth-order valence-corrected chi connectivity index (χ4v) is 4.75. The first-order chi connectivity index (χ1) is 5.87. The maximum Gasteiger partial charge on any atom is 0.0802 e. The Labute approximate surface area is 74.7 Å². The average Bonchev–Trinajstić information content (AvgIpc) is 2.76. The van der Waals surface area contributed by atoms with Gasteiger partial charge in [0.15, 0.2) is 0 Å². The molecule has 1 nitrogen and oxygen atoms in total. The molecule has 68 valence electrons. The van der Waals surface area contributed by atoms with Crippen LogP contribution in [-0.2, 0) is 0 Å². The van der Waals surface area contributed by atoms with E-state index in [1.807, 2.05) is 0 Å². The summed E-state index contributed by atoms with van der Waals surface area (Å²) in [4.78, 5) is 0. The molecule has 0 radical (unpaired) electrons. The number of quaternary nitrogens is 1. The van der Waals surface area contributed by atoms with Gasteiger partial charge in [-0.15, -0.1) is 0 Å². The third-order valence-corrected chi connectivity index (χ3v) is 5.22. The second-order valence-electron chi connectivity index (χ2n) is 5.25. The lowest BCUT2D eigenvalue weighted by Gasteiger charge is -2.36. The minimum atomic E-state index is 0.753. The molecule has 2 bridgehead atoms. The summed E-state index contributed by atoms with van der Waals surface area (Å²) in [5.41, 5.74) is 4.97. The molecule has 3 saturated carbocycles. The first-order valence-corrected chi connectivity index (χ1v) is 5.66. The normalized spacial score (nSPS) is 56.2. The SMILES string of the molecule is [NH3+]C[C@]12CCC[C@H]1[C@H]1CC[C@@H]2C1. The summed E-state index contributed by atoms with van der Waals surface area (Å²) in [6.07, 6.45) is 9.22. The van der Waals surface area contributed by atoms with Crippen molar-refractivity contribution in [3.8, 4) is 0 Å². The van der Waals surface area contributed by atoms with E-state index in [9.17, 15) is 0 Å². The van der Waals surface area contributed by atoms with Gasteiger partial charge in [0.1, 0.15) is 0 Å². The second kappa shape index (κ2) is 2.25. The van der Waals surface area contributed by atoms with E-state index in [0.717, 1.165) is 23.2 Å². The molecule has 3 aliphatic rings. The van der Waals surface area contributed by atoms with E-state index < -0.39 is 0 Å². The molecule has 0 aromatic rings. The standard InChI is InChI=1S/C11H19N/c12-7-11-5-1-2-10(11)8-3-4-9(11)6-8/h8-10H,1-7,12H2/p+1/t8-,9+,10-,11-/m0/s1. The van der Waals surface area contributed by atoms with Crippen molar-refractivity contribution < 1.29 is 5.73 Å². The lowest BCUT2D eigenvalue weighted by Crippen LogP contribution is -2.60. The second-order valence-corrected chi connectivity index (χ2v) is 5.25. The van der Waals surface area contributed by atoms with Gasteiger partial charge < -0.3 is 5.73 Å². The Kier molecular flexibility index (Phi) is 1.39. The predicted molar refractivity (Wildman–Crippen MR) is 48.4 cm³/mol. The van der Waals surface area contributed by atoms with Crippen LogP contribution in [0.1, 0.15) is 38.5 Å². The Bertz CT molecular complexity index is 201. The van der Waals surface area contributed by atoms with Crippen LogP contribution in [0, 0.1) is 23.2 Å². The third kappa shape index (κ3) is 0.654. The van der Waals surface area contributed by atoms with Crippen molar-refractivity contribution in [2.24, 2.45) is 23.2 Å². The predicted octanol–water partition coefficient (Wildman–Crippen LogP) is 1.44. The molecular formula is C11H20N+. The quantitative estimate of drug-likeness (QED) is 0.610. The van der Waals surface area contributed by atoms with Crippen LogP contribution in [0.25, 0.3) is 0 Å². The molecule has 0 amide bonds. The van der Waals surface area contributed by atoms with E-state index in [4.69, 9.17) is 0 Å². The molecule has 0 spiro atoms. The summed E-state index contributed by atoms with van der Waals surface area (Å²) >= 11 is 0. The molecule has 3 fully saturated rings. The van der Waals surface area contributed by atoms with Crippen LogP contribution in [0.4, 0.5) is 0 Å². The molecule has 0 heterocycles. The van der Waals surface area contributed by atoms with Gasteiger partial charge in [0.25, 0.3) is 0 Å². The van der Waals surface area contributed by atoms with Crippen LogP contribution in [0.15, 0.2) is 0 Å². The molecule has 12 heavy (non-hydrogen) atoms. The molecule has 0 saturated heterocycles. The van der Waals surface area contributed by atoms with Gasteiger partial charge in [-0.1, -0.05) is 6.42 Å². The molecule has 1 heteroatoms. The summed E-state index contributed by atoms with van der Waals surface area (Å²) in [7, 11) is 0. The van der Waals surface area contributed by atoms with Gasteiger partial charge in [0, 0.05) is 5.41 Å². The lowest BCUT2D eigenvalue weighted by molar-refractivity contribution is -0.399. The van der Waals surface area contributed by atoms with Crippen LogP contribution >= 0.6 is 0 Å². The molecule has 3 aliphatic carbocycles. The zero-order chi connectivity index (χ0) is 8.18. The van der Waals surface area contributed by atoms with Crippen molar-refractivity contribution in [3.05, 3.63) is 0 Å². The zero-order valence-corrected chi connectivity index (χ0v) is 7.89. The largest absolute Gasteiger partial charge is 0.357 e. The van der Waals surface area contributed by atoms with Crippen LogP contribution in [0.5, 0.6) is 0 Å².